The molecule has 216 valence electrons. The van der Waals surface area contributed by atoms with E-state index in [9.17, 15) is 21.6 Å². The average Bonchev–Trinajstić information content (AvgIpc) is 3.60. The number of sulfone groups is 1. The number of carbonyl (C=O) groups is 1. The predicted molar refractivity (Wildman–Crippen MR) is 152 cm³/mol. The number of benzene rings is 1. The molecule has 10 heteroatoms. The third-order valence-corrected chi connectivity index (χ3v) is 15.3. The number of amides is 1. The van der Waals surface area contributed by atoms with Crippen molar-refractivity contribution in [3.8, 4) is 0 Å². The Morgan fingerprint density at radius 2 is 1.77 bits per heavy atom. The van der Waals surface area contributed by atoms with E-state index in [2.05, 4.69) is 48.7 Å². The first-order valence-electron chi connectivity index (χ1n) is 14.6. The van der Waals surface area contributed by atoms with Gasteiger partial charge in [-0.25, -0.2) is 21.1 Å². The van der Waals surface area contributed by atoms with Crippen LogP contribution in [-0.2, 0) is 36.5 Å². The largest absolute Gasteiger partial charge is 0.351 e. The summed E-state index contributed by atoms with van der Waals surface area (Å²) in [7, 11) is -6.76. The fourth-order valence-electron chi connectivity index (χ4n) is 9.02. The fourth-order valence-corrected chi connectivity index (χ4v) is 12.2. The summed E-state index contributed by atoms with van der Waals surface area (Å²) in [6.07, 6.45) is 7.90. The zero-order valence-corrected chi connectivity index (χ0v) is 25.0. The Morgan fingerprint density at radius 1 is 1.05 bits per heavy atom. The van der Waals surface area contributed by atoms with E-state index in [-0.39, 0.29) is 41.5 Å². The lowest BCUT2D eigenvalue weighted by Gasteiger charge is -2.45. The van der Waals surface area contributed by atoms with E-state index in [1.165, 1.54) is 17.4 Å². The van der Waals surface area contributed by atoms with Crippen molar-refractivity contribution in [1.29, 1.82) is 0 Å². The lowest BCUT2D eigenvalue weighted by atomic mass is 9.69. The van der Waals surface area contributed by atoms with Gasteiger partial charge < -0.3 is 10.6 Å². The molecule has 1 spiro atoms. The molecule has 8 nitrogen and oxygen atoms in total. The van der Waals surface area contributed by atoms with Gasteiger partial charge in [-0.2, -0.15) is 0 Å². The summed E-state index contributed by atoms with van der Waals surface area (Å²) in [5, 5.41) is 5.73. The van der Waals surface area contributed by atoms with Gasteiger partial charge in [-0.1, -0.05) is 38.1 Å². The number of hydrogen-bond donors (Lipinski definition) is 2. The molecule has 1 aromatic rings. The standard InChI is InChI=1S/C29H43N3O5S2/c1-27(2)21-9-11-29(27,25(16-21)31-26(33)24-17-22(18-30-24)38(3,34)35)19-39(36,37)32-14-12-28(13-15-32)10-8-20-6-4-5-7-23(20)28/h4-7,21-22,24-25,30H,8-19H2,1-3H3,(H,31,33)/t21-,22-,24+,25+,29-/m1/s1. The van der Waals surface area contributed by atoms with Gasteiger partial charge in [0.15, 0.2) is 9.84 Å². The highest BCUT2D eigenvalue weighted by molar-refractivity contribution is 7.91. The van der Waals surface area contributed by atoms with Crippen molar-refractivity contribution in [2.24, 2.45) is 16.7 Å². The molecular formula is C29H43N3O5S2. The maximum atomic E-state index is 14.0. The Labute approximate surface area is 233 Å². The summed E-state index contributed by atoms with van der Waals surface area (Å²) >= 11 is 0. The molecule has 1 aromatic carbocycles. The quantitative estimate of drug-likeness (QED) is 0.537. The Hall–Kier alpha value is -1.49. The van der Waals surface area contributed by atoms with E-state index in [1.807, 2.05) is 0 Å². The zero-order valence-electron chi connectivity index (χ0n) is 23.4. The molecule has 1 amide bonds. The number of rotatable bonds is 6. The molecule has 2 saturated carbocycles. The number of aryl methyl sites for hydroxylation is 1. The van der Waals surface area contributed by atoms with Crippen LogP contribution in [0.25, 0.3) is 0 Å². The molecule has 0 unspecified atom stereocenters. The third-order valence-electron chi connectivity index (χ3n) is 11.7. The molecule has 2 N–H and O–H groups in total. The van der Waals surface area contributed by atoms with E-state index in [0.29, 0.717) is 19.0 Å². The molecule has 2 aliphatic heterocycles. The number of nitrogens with zero attached hydrogens (tertiary/aromatic N) is 1. The molecule has 6 rings (SSSR count). The number of piperidine rings is 1. The highest BCUT2D eigenvalue weighted by atomic mass is 32.2. The topological polar surface area (TPSA) is 113 Å². The van der Waals surface area contributed by atoms with Crippen molar-refractivity contribution in [2.75, 3.05) is 31.6 Å². The fraction of sp³-hybridized carbons (Fsp3) is 0.759. The summed E-state index contributed by atoms with van der Waals surface area (Å²) in [5.74, 6) is 0.214. The Kier molecular flexibility index (Phi) is 6.57. The van der Waals surface area contributed by atoms with E-state index in [4.69, 9.17) is 0 Å². The maximum absolute atomic E-state index is 14.0. The van der Waals surface area contributed by atoms with Crippen molar-refractivity contribution in [3.05, 3.63) is 35.4 Å². The van der Waals surface area contributed by atoms with Gasteiger partial charge in [-0.15, -0.1) is 0 Å². The predicted octanol–water partition coefficient (Wildman–Crippen LogP) is 2.38. The molecule has 5 atom stereocenters. The van der Waals surface area contributed by atoms with Crippen molar-refractivity contribution < 1.29 is 21.6 Å². The van der Waals surface area contributed by atoms with Crippen LogP contribution in [0.1, 0.15) is 69.9 Å². The number of nitrogens with one attached hydrogen (secondary N) is 2. The van der Waals surface area contributed by atoms with Gasteiger partial charge in [-0.05, 0) is 79.2 Å². The van der Waals surface area contributed by atoms with Gasteiger partial charge in [0, 0.05) is 37.3 Å². The van der Waals surface area contributed by atoms with Crippen LogP contribution < -0.4 is 10.6 Å². The first-order valence-corrected chi connectivity index (χ1v) is 18.1. The average molecular weight is 578 g/mol. The van der Waals surface area contributed by atoms with Crippen molar-refractivity contribution in [3.63, 3.8) is 0 Å². The normalized spacial score (nSPS) is 35.4. The summed E-state index contributed by atoms with van der Waals surface area (Å²) in [5.41, 5.74) is 2.18. The third kappa shape index (κ3) is 4.39. The minimum atomic E-state index is -3.53. The van der Waals surface area contributed by atoms with Gasteiger partial charge in [0.2, 0.25) is 15.9 Å². The van der Waals surface area contributed by atoms with Gasteiger partial charge in [0.1, 0.15) is 0 Å². The van der Waals surface area contributed by atoms with E-state index < -0.39 is 36.6 Å². The van der Waals surface area contributed by atoms with Crippen molar-refractivity contribution in [2.45, 2.75) is 88.0 Å². The van der Waals surface area contributed by atoms with Gasteiger partial charge in [0.25, 0.3) is 0 Å². The lowest BCUT2D eigenvalue weighted by Crippen LogP contribution is -2.57. The van der Waals surface area contributed by atoms with E-state index in [0.717, 1.165) is 44.9 Å². The molecule has 4 fully saturated rings. The van der Waals surface area contributed by atoms with Gasteiger partial charge >= 0.3 is 0 Å². The number of hydrogen-bond acceptors (Lipinski definition) is 6. The van der Waals surface area contributed by atoms with Crippen LogP contribution in [0.15, 0.2) is 24.3 Å². The number of fused-ring (bicyclic) bond motifs is 4. The number of carbonyl (C=O) groups excluding carboxylic acids is 1. The van der Waals surface area contributed by atoms with E-state index >= 15 is 0 Å². The first-order chi connectivity index (χ1) is 18.3. The summed E-state index contributed by atoms with van der Waals surface area (Å²) in [6.45, 7) is 5.73. The lowest BCUT2D eigenvalue weighted by molar-refractivity contribution is -0.124. The van der Waals surface area contributed by atoms with Crippen molar-refractivity contribution in [1.82, 2.24) is 14.9 Å². The molecule has 39 heavy (non-hydrogen) atoms. The van der Waals surface area contributed by atoms with Crippen LogP contribution in [-0.4, -0.2) is 76.0 Å². The monoisotopic (exact) mass is 577 g/mol. The summed E-state index contributed by atoms with van der Waals surface area (Å²) in [4.78, 5) is 13.3. The van der Waals surface area contributed by atoms with Gasteiger partial charge in [0.05, 0.1) is 17.0 Å². The Bertz CT molecular complexity index is 1370. The molecule has 3 aliphatic carbocycles. The smallest absolute Gasteiger partial charge is 0.237 e. The SMILES string of the molecule is CC1(C)[C@@H]2CC[C@@]1(CS(=O)(=O)N1CCC3(CCc4ccccc43)CC1)[C@@H](NC(=O)[C@@H]1C[C@@H](S(C)(=O)=O)CN1)C2. The first kappa shape index (κ1) is 27.7. The molecule has 5 aliphatic rings. The Morgan fingerprint density at radius 3 is 2.44 bits per heavy atom. The molecule has 2 saturated heterocycles. The summed E-state index contributed by atoms with van der Waals surface area (Å²) in [6, 6.07) is 7.84. The van der Waals surface area contributed by atoms with Crippen LogP contribution in [0.5, 0.6) is 0 Å². The molecule has 0 radical (unpaired) electrons. The second kappa shape index (κ2) is 9.26. The van der Waals surface area contributed by atoms with Crippen LogP contribution in [0.3, 0.4) is 0 Å². The van der Waals surface area contributed by atoms with Crippen LogP contribution in [0.4, 0.5) is 0 Å². The van der Waals surface area contributed by atoms with Crippen LogP contribution in [0.2, 0.25) is 0 Å². The molecule has 0 aromatic heterocycles. The van der Waals surface area contributed by atoms with Crippen LogP contribution >= 0.6 is 0 Å². The highest BCUT2D eigenvalue weighted by Gasteiger charge is 2.66. The van der Waals surface area contributed by atoms with Gasteiger partial charge in [-0.3, -0.25) is 4.79 Å². The highest BCUT2D eigenvalue weighted by Crippen LogP contribution is 2.66. The molecule has 2 heterocycles. The zero-order chi connectivity index (χ0) is 27.8. The van der Waals surface area contributed by atoms with Crippen molar-refractivity contribution >= 4 is 25.8 Å². The second-order valence-corrected chi connectivity index (χ2v) is 17.9. The second-order valence-electron chi connectivity index (χ2n) is 13.7. The maximum Gasteiger partial charge on any atom is 0.237 e. The number of sulfonamides is 1. The Balaban J connectivity index is 1.17. The summed E-state index contributed by atoms with van der Waals surface area (Å²) < 4.78 is 53.8. The minimum Gasteiger partial charge on any atom is -0.351 e. The van der Waals surface area contributed by atoms with Crippen LogP contribution in [0, 0.1) is 16.7 Å². The van der Waals surface area contributed by atoms with E-state index in [1.54, 1.807) is 4.31 Å². The molecule has 2 bridgehead atoms. The minimum absolute atomic E-state index is 0.0576. The molecular weight excluding hydrogens is 534 g/mol.